The van der Waals surface area contributed by atoms with E-state index < -0.39 is 0 Å². The molecule has 2 rings (SSSR count). The Labute approximate surface area is 131 Å². The second-order valence-electron chi connectivity index (χ2n) is 5.43. The second-order valence-corrected chi connectivity index (χ2v) is 7.99. The minimum Gasteiger partial charge on any atom is -0.491 e. The van der Waals surface area contributed by atoms with Gasteiger partial charge in [0.25, 0.3) is 0 Å². The van der Waals surface area contributed by atoms with E-state index >= 15 is 0 Å². The summed E-state index contributed by atoms with van der Waals surface area (Å²) in [5.74, 6) is 4.85. The number of nitrogens with one attached hydrogen (secondary N) is 1. The average molecular weight is 312 g/mol. The van der Waals surface area contributed by atoms with Gasteiger partial charge in [-0.15, -0.1) is 0 Å². The summed E-state index contributed by atoms with van der Waals surface area (Å²) >= 11 is 4.19. The number of thioether (sulfide) groups is 2. The summed E-state index contributed by atoms with van der Waals surface area (Å²) < 4.78 is 5.68. The molecular formula is C16H25NOS2. The van der Waals surface area contributed by atoms with Gasteiger partial charge in [0.2, 0.25) is 0 Å². The number of benzene rings is 1. The van der Waals surface area contributed by atoms with Gasteiger partial charge in [-0.3, -0.25) is 0 Å². The normalized spacial score (nSPS) is 20.9. The molecule has 1 aromatic rings. The van der Waals surface area contributed by atoms with Crippen molar-refractivity contribution in [1.29, 1.82) is 0 Å². The van der Waals surface area contributed by atoms with E-state index in [2.05, 4.69) is 73.9 Å². The Morgan fingerprint density at radius 1 is 1.20 bits per heavy atom. The lowest BCUT2D eigenvalue weighted by Crippen LogP contribution is -2.30. The highest BCUT2D eigenvalue weighted by Crippen LogP contribution is 2.24. The third-order valence-corrected chi connectivity index (χ3v) is 6.13. The molecule has 0 bridgehead atoms. The minimum atomic E-state index is 0.234. The van der Waals surface area contributed by atoms with Crippen LogP contribution in [0.5, 0.6) is 5.75 Å². The van der Waals surface area contributed by atoms with Crippen LogP contribution in [0.25, 0.3) is 0 Å². The van der Waals surface area contributed by atoms with E-state index in [0.717, 1.165) is 17.5 Å². The molecule has 0 amide bonds. The zero-order valence-corrected chi connectivity index (χ0v) is 14.2. The van der Waals surface area contributed by atoms with Gasteiger partial charge in [0, 0.05) is 35.1 Å². The predicted molar refractivity (Wildman–Crippen MR) is 92.2 cm³/mol. The number of ether oxygens (including phenoxy) is 1. The Hall–Kier alpha value is -0.320. The molecule has 2 unspecified atom stereocenters. The van der Waals surface area contributed by atoms with Crippen LogP contribution in [0, 0.1) is 0 Å². The van der Waals surface area contributed by atoms with Crippen LogP contribution in [0.4, 0.5) is 0 Å². The van der Waals surface area contributed by atoms with Crippen molar-refractivity contribution in [2.45, 2.75) is 38.2 Å². The summed E-state index contributed by atoms with van der Waals surface area (Å²) in [5, 5.41) is 4.42. The van der Waals surface area contributed by atoms with Gasteiger partial charge in [-0.25, -0.2) is 0 Å². The molecule has 1 aliphatic heterocycles. The van der Waals surface area contributed by atoms with Crippen LogP contribution < -0.4 is 10.1 Å². The zero-order valence-electron chi connectivity index (χ0n) is 12.6. The van der Waals surface area contributed by atoms with Gasteiger partial charge >= 0.3 is 0 Å². The Morgan fingerprint density at radius 3 is 2.55 bits per heavy atom. The fourth-order valence-electron chi connectivity index (χ4n) is 2.19. The Morgan fingerprint density at radius 2 is 1.95 bits per heavy atom. The predicted octanol–water partition coefficient (Wildman–Crippen LogP) is 3.97. The first-order valence-electron chi connectivity index (χ1n) is 7.34. The van der Waals surface area contributed by atoms with Crippen molar-refractivity contribution in [2.75, 3.05) is 23.8 Å². The summed E-state index contributed by atoms with van der Waals surface area (Å²) in [6.45, 7) is 7.44. The van der Waals surface area contributed by atoms with E-state index in [4.69, 9.17) is 4.74 Å². The molecule has 1 fully saturated rings. The van der Waals surface area contributed by atoms with Crippen molar-refractivity contribution in [2.24, 2.45) is 0 Å². The molecule has 20 heavy (non-hydrogen) atoms. The van der Waals surface area contributed by atoms with Crippen molar-refractivity contribution in [3.8, 4) is 5.75 Å². The average Bonchev–Trinajstić information content (AvgIpc) is 2.46. The molecule has 1 N–H and O–H groups in total. The van der Waals surface area contributed by atoms with Crippen LogP contribution in [0.1, 0.15) is 32.4 Å². The monoisotopic (exact) mass is 311 g/mol. The first-order valence-corrected chi connectivity index (χ1v) is 9.55. The maximum absolute atomic E-state index is 5.68. The molecule has 2 nitrogen and oxygen atoms in total. The van der Waals surface area contributed by atoms with E-state index in [0.29, 0.717) is 6.04 Å². The van der Waals surface area contributed by atoms with Crippen molar-refractivity contribution in [3.05, 3.63) is 29.8 Å². The number of rotatable bonds is 6. The SMILES string of the molecule is CC(C)Oc1ccc(C(C)NCC2CSCCS2)cc1. The summed E-state index contributed by atoms with van der Waals surface area (Å²) in [4.78, 5) is 0. The van der Waals surface area contributed by atoms with Crippen LogP contribution in [-0.4, -0.2) is 35.2 Å². The van der Waals surface area contributed by atoms with Gasteiger partial charge in [0.1, 0.15) is 5.75 Å². The fourth-order valence-corrected chi connectivity index (χ4v) is 4.81. The van der Waals surface area contributed by atoms with Gasteiger partial charge in [-0.1, -0.05) is 12.1 Å². The smallest absolute Gasteiger partial charge is 0.119 e. The lowest BCUT2D eigenvalue weighted by Gasteiger charge is -2.23. The maximum Gasteiger partial charge on any atom is 0.119 e. The van der Waals surface area contributed by atoms with Crippen LogP contribution in [-0.2, 0) is 0 Å². The Balaban J connectivity index is 1.80. The molecule has 0 radical (unpaired) electrons. The lowest BCUT2D eigenvalue weighted by atomic mass is 10.1. The molecule has 1 aliphatic rings. The van der Waals surface area contributed by atoms with Gasteiger partial charge in [0.05, 0.1) is 6.10 Å². The fraction of sp³-hybridized carbons (Fsp3) is 0.625. The second kappa shape index (κ2) is 8.20. The zero-order chi connectivity index (χ0) is 14.4. The molecular weight excluding hydrogens is 286 g/mol. The molecule has 0 aromatic heterocycles. The molecule has 1 saturated heterocycles. The van der Waals surface area contributed by atoms with Crippen LogP contribution in [0.15, 0.2) is 24.3 Å². The first kappa shape index (κ1) is 16.1. The highest BCUT2D eigenvalue weighted by atomic mass is 32.2. The van der Waals surface area contributed by atoms with E-state index in [1.807, 2.05) is 0 Å². The quantitative estimate of drug-likeness (QED) is 0.857. The highest BCUT2D eigenvalue weighted by molar-refractivity contribution is 8.06. The van der Waals surface area contributed by atoms with Crippen molar-refractivity contribution in [1.82, 2.24) is 5.32 Å². The van der Waals surface area contributed by atoms with E-state index in [9.17, 15) is 0 Å². The number of hydrogen-bond donors (Lipinski definition) is 1. The van der Waals surface area contributed by atoms with Crippen LogP contribution in [0.3, 0.4) is 0 Å². The Bertz CT molecular complexity index is 388. The molecule has 2 atom stereocenters. The first-order chi connectivity index (χ1) is 9.65. The third kappa shape index (κ3) is 5.23. The maximum atomic E-state index is 5.68. The van der Waals surface area contributed by atoms with Crippen LogP contribution >= 0.6 is 23.5 Å². The van der Waals surface area contributed by atoms with Crippen molar-refractivity contribution < 1.29 is 4.74 Å². The van der Waals surface area contributed by atoms with Gasteiger partial charge in [0.15, 0.2) is 0 Å². The van der Waals surface area contributed by atoms with Crippen molar-refractivity contribution >= 4 is 23.5 Å². The van der Waals surface area contributed by atoms with E-state index in [1.54, 1.807) is 0 Å². The summed E-state index contributed by atoms with van der Waals surface area (Å²) in [6, 6.07) is 8.86. The number of hydrogen-bond acceptors (Lipinski definition) is 4. The molecule has 1 heterocycles. The van der Waals surface area contributed by atoms with Gasteiger partial charge in [-0.05, 0) is 38.5 Å². The summed E-state index contributed by atoms with van der Waals surface area (Å²) in [7, 11) is 0. The van der Waals surface area contributed by atoms with Gasteiger partial charge in [-0.2, -0.15) is 23.5 Å². The van der Waals surface area contributed by atoms with Crippen LogP contribution in [0.2, 0.25) is 0 Å². The highest BCUT2D eigenvalue weighted by Gasteiger charge is 2.15. The summed E-state index contributed by atoms with van der Waals surface area (Å²) in [6.07, 6.45) is 0.234. The standard InChI is InChI=1S/C16H25NOS2/c1-12(2)18-15-6-4-14(5-7-15)13(3)17-10-16-11-19-8-9-20-16/h4-7,12-13,16-17H,8-11H2,1-3H3. The Kier molecular flexibility index (Phi) is 6.59. The molecule has 0 aliphatic carbocycles. The third-order valence-electron chi connectivity index (χ3n) is 3.29. The molecule has 112 valence electrons. The van der Waals surface area contributed by atoms with E-state index in [1.165, 1.54) is 22.8 Å². The molecule has 4 heteroatoms. The van der Waals surface area contributed by atoms with E-state index in [-0.39, 0.29) is 6.10 Å². The van der Waals surface area contributed by atoms with Gasteiger partial charge < -0.3 is 10.1 Å². The molecule has 1 aromatic carbocycles. The topological polar surface area (TPSA) is 21.3 Å². The lowest BCUT2D eigenvalue weighted by molar-refractivity contribution is 0.242. The largest absolute Gasteiger partial charge is 0.491 e. The molecule has 0 spiro atoms. The minimum absolute atomic E-state index is 0.234. The molecule has 0 saturated carbocycles. The summed E-state index contributed by atoms with van der Waals surface area (Å²) in [5.41, 5.74) is 1.33. The van der Waals surface area contributed by atoms with Crippen molar-refractivity contribution in [3.63, 3.8) is 0 Å².